The van der Waals surface area contributed by atoms with E-state index in [1.165, 1.54) is 12.1 Å². The first kappa shape index (κ1) is 39.0. The molecule has 0 spiro atoms. The van der Waals surface area contributed by atoms with Crippen molar-refractivity contribution >= 4 is 0 Å². The van der Waals surface area contributed by atoms with Gasteiger partial charge in [-0.1, -0.05) is 100 Å². The van der Waals surface area contributed by atoms with Crippen LogP contribution < -0.4 is 18.9 Å². The summed E-state index contributed by atoms with van der Waals surface area (Å²) in [5, 5.41) is 0. The zero-order chi connectivity index (χ0) is 39.0. The molecule has 0 N–H and O–H groups in total. The lowest BCUT2D eigenvalue weighted by Gasteiger charge is -2.43. The Bertz CT molecular complexity index is 1980. The van der Waals surface area contributed by atoms with Crippen molar-refractivity contribution in [2.24, 2.45) is 0 Å². The molecule has 7 heteroatoms. The molecule has 0 saturated heterocycles. The molecule has 2 atom stereocenters. The van der Waals surface area contributed by atoms with Gasteiger partial charge in [0.1, 0.15) is 23.0 Å². The molecule has 6 rings (SSSR count). The van der Waals surface area contributed by atoms with Crippen LogP contribution >= 0.6 is 0 Å². The van der Waals surface area contributed by atoms with Crippen molar-refractivity contribution in [1.82, 2.24) is 0 Å². The Kier molecular flexibility index (Phi) is 12.2. The molecule has 0 fully saturated rings. The maximum Gasteiger partial charge on any atom is 0.165 e. The van der Waals surface area contributed by atoms with Crippen LogP contribution in [0.25, 0.3) is 0 Å². The smallest absolute Gasteiger partial charge is 0.165 e. The molecule has 0 heterocycles. The van der Waals surface area contributed by atoms with E-state index in [1.807, 2.05) is 60.7 Å². The molecule has 5 nitrogen and oxygen atoms in total. The zero-order valence-corrected chi connectivity index (χ0v) is 32.2. The van der Waals surface area contributed by atoms with Crippen molar-refractivity contribution in [1.29, 1.82) is 0 Å². The molecule has 0 aromatic heterocycles. The molecule has 6 aromatic rings. The summed E-state index contributed by atoms with van der Waals surface area (Å²) >= 11 is 0. The van der Waals surface area contributed by atoms with E-state index in [9.17, 15) is 0 Å². The second-order valence-electron chi connectivity index (χ2n) is 14.8. The van der Waals surface area contributed by atoms with E-state index >= 15 is 8.78 Å². The van der Waals surface area contributed by atoms with Gasteiger partial charge in [-0.25, -0.2) is 8.78 Å². The van der Waals surface area contributed by atoms with Crippen molar-refractivity contribution in [3.05, 3.63) is 179 Å². The van der Waals surface area contributed by atoms with E-state index in [0.29, 0.717) is 24.3 Å². The standard InChI is InChI=1S/C48H48F2O5/c1-47(2,35-19-23-37(51-5)24-20-35)45(31-33-17-27-41(49)43(29-33)53-39-13-9-7-10-14-39)55-46(48(3,4)36-21-25-38(52-6)26-22-36)32-34-18-28-42(50)44(30-34)54-40-15-11-8-12-16-40/h7-30,45-46H,31-32H2,1-6H3. The average Bonchev–Trinajstić information content (AvgIpc) is 3.20. The highest BCUT2D eigenvalue weighted by molar-refractivity contribution is 5.40. The van der Waals surface area contributed by atoms with Gasteiger partial charge in [0.2, 0.25) is 0 Å². The monoisotopic (exact) mass is 742 g/mol. The maximum absolute atomic E-state index is 15.2. The zero-order valence-electron chi connectivity index (χ0n) is 32.2. The predicted molar refractivity (Wildman–Crippen MR) is 214 cm³/mol. The summed E-state index contributed by atoms with van der Waals surface area (Å²) in [7, 11) is 3.29. The van der Waals surface area contributed by atoms with Crippen LogP contribution in [0, 0.1) is 11.6 Å². The lowest BCUT2D eigenvalue weighted by atomic mass is 9.74. The van der Waals surface area contributed by atoms with Crippen LogP contribution in [-0.2, 0) is 28.4 Å². The number of hydrogen-bond donors (Lipinski definition) is 0. The number of rotatable bonds is 16. The fourth-order valence-electron chi connectivity index (χ4n) is 6.72. The van der Waals surface area contributed by atoms with Crippen molar-refractivity contribution in [3.63, 3.8) is 0 Å². The lowest BCUT2D eigenvalue weighted by molar-refractivity contribution is -0.0753. The van der Waals surface area contributed by atoms with E-state index in [0.717, 1.165) is 33.8 Å². The number of ether oxygens (including phenoxy) is 5. The Balaban J connectivity index is 1.41. The van der Waals surface area contributed by atoms with Crippen molar-refractivity contribution < 1.29 is 32.5 Å². The molecule has 2 unspecified atom stereocenters. The highest BCUT2D eigenvalue weighted by atomic mass is 19.1. The predicted octanol–water partition coefficient (Wildman–Crippen LogP) is 12.1. The second-order valence-corrected chi connectivity index (χ2v) is 14.8. The van der Waals surface area contributed by atoms with Gasteiger partial charge in [-0.15, -0.1) is 0 Å². The first-order valence-electron chi connectivity index (χ1n) is 18.4. The van der Waals surface area contributed by atoms with Crippen LogP contribution in [0.5, 0.6) is 34.5 Å². The quantitative estimate of drug-likeness (QED) is 0.0988. The number of hydrogen-bond acceptors (Lipinski definition) is 5. The Morgan fingerprint density at radius 2 is 0.818 bits per heavy atom. The summed E-state index contributed by atoms with van der Waals surface area (Å²) < 4.78 is 60.8. The molecule has 284 valence electrons. The third-order valence-corrected chi connectivity index (χ3v) is 10.4. The van der Waals surface area contributed by atoms with Gasteiger partial charge in [-0.05, 0) is 108 Å². The topological polar surface area (TPSA) is 46.2 Å². The highest BCUT2D eigenvalue weighted by Gasteiger charge is 2.40. The molecular formula is C48H48F2O5. The van der Waals surface area contributed by atoms with Crippen molar-refractivity contribution in [3.8, 4) is 34.5 Å². The first-order valence-corrected chi connectivity index (χ1v) is 18.4. The number of benzene rings is 6. The molecule has 6 aromatic carbocycles. The summed E-state index contributed by atoms with van der Waals surface area (Å²) in [4.78, 5) is 0. The largest absolute Gasteiger partial charge is 0.497 e. The molecule has 0 saturated carbocycles. The van der Waals surface area contributed by atoms with Gasteiger partial charge < -0.3 is 23.7 Å². The average molecular weight is 743 g/mol. The van der Waals surface area contributed by atoms with E-state index in [-0.39, 0.29) is 11.5 Å². The van der Waals surface area contributed by atoms with Crippen LogP contribution in [0.4, 0.5) is 8.78 Å². The Morgan fingerprint density at radius 3 is 1.16 bits per heavy atom. The summed E-state index contributed by atoms with van der Waals surface area (Å²) in [6, 6.07) is 44.3. The normalized spacial score (nSPS) is 12.8. The molecule has 0 radical (unpaired) electrons. The summed E-state index contributed by atoms with van der Waals surface area (Å²) in [5.41, 5.74) is 2.67. The van der Waals surface area contributed by atoms with E-state index in [4.69, 9.17) is 23.7 Å². The molecule has 55 heavy (non-hydrogen) atoms. The van der Waals surface area contributed by atoms with Crippen molar-refractivity contribution in [2.45, 2.75) is 63.6 Å². The summed E-state index contributed by atoms with van der Waals surface area (Å²) in [5.74, 6) is 1.95. The highest BCUT2D eigenvalue weighted by Crippen LogP contribution is 2.40. The molecule has 0 amide bonds. The minimum absolute atomic E-state index is 0.136. The van der Waals surface area contributed by atoms with Gasteiger partial charge in [0.15, 0.2) is 23.1 Å². The van der Waals surface area contributed by atoms with Gasteiger partial charge in [-0.2, -0.15) is 0 Å². The number of methoxy groups -OCH3 is 2. The molecule has 0 aliphatic heterocycles. The lowest BCUT2D eigenvalue weighted by Crippen LogP contribution is -2.46. The molecular weight excluding hydrogens is 695 g/mol. The third-order valence-electron chi connectivity index (χ3n) is 10.4. The fraction of sp³-hybridized carbons (Fsp3) is 0.250. The summed E-state index contributed by atoms with van der Waals surface area (Å²) in [6.45, 7) is 8.63. The molecule has 0 bridgehead atoms. The first-order chi connectivity index (χ1) is 26.5. The van der Waals surface area contributed by atoms with Crippen LogP contribution in [0.3, 0.4) is 0 Å². The van der Waals surface area contributed by atoms with Crippen molar-refractivity contribution in [2.75, 3.05) is 14.2 Å². The molecule has 0 aliphatic rings. The fourth-order valence-corrected chi connectivity index (χ4v) is 6.72. The van der Waals surface area contributed by atoms with E-state index in [1.54, 1.807) is 62.8 Å². The Hall–Kier alpha value is -5.66. The van der Waals surface area contributed by atoms with E-state index in [2.05, 4.69) is 52.0 Å². The van der Waals surface area contributed by atoms with Gasteiger partial charge in [-0.3, -0.25) is 0 Å². The van der Waals surface area contributed by atoms with Crippen LogP contribution in [0.2, 0.25) is 0 Å². The van der Waals surface area contributed by atoms with Crippen LogP contribution in [0.15, 0.2) is 146 Å². The SMILES string of the molecule is COc1ccc(C(C)(C)C(Cc2ccc(F)c(Oc3ccccc3)c2)OC(Cc2ccc(F)c(Oc3ccccc3)c2)C(C)(C)c2ccc(OC)cc2)cc1. The minimum atomic E-state index is -0.556. The summed E-state index contributed by atoms with van der Waals surface area (Å²) in [6.07, 6.45) is 0.00883. The molecule has 0 aliphatic carbocycles. The maximum atomic E-state index is 15.2. The minimum Gasteiger partial charge on any atom is -0.497 e. The van der Waals surface area contributed by atoms with Crippen LogP contribution in [0.1, 0.15) is 49.9 Å². The van der Waals surface area contributed by atoms with E-state index < -0.39 is 34.7 Å². The van der Waals surface area contributed by atoms with Gasteiger partial charge >= 0.3 is 0 Å². The van der Waals surface area contributed by atoms with Gasteiger partial charge in [0.25, 0.3) is 0 Å². The van der Waals surface area contributed by atoms with Gasteiger partial charge in [0, 0.05) is 10.8 Å². The van der Waals surface area contributed by atoms with Crippen LogP contribution in [-0.4, -0.2) is 26.4 Å². The Labute approximate surface area is 323 Å². The number of para-hydroxylation sites is 2. The third kappa shape index (κ3) is 9.53. The number of halogens is 2. The van der Waals surface area contributed by atoms with Gasteiger partial charge in [0.05, 0.1) is 26.4 Å². The Morgan fingerprint density at radius 1 is 0.455 bits per heavy atom. The second kappa shape index (κ2) is 17.2.